The molecule has 20 heavy (non-hydrogen) atoms. The zero-order chi connectivity index (χ0) is 15.2. The maximum absolute atomic E-state index is 10.2. The number of hydrogen-bond acceptors (Lipinski definition) is 2. The van der Waals surface area contributed by atoms with Gasteiger partial charge in [0.1, 0.15) is 0 Å². The molecular formula is C17H28O3. The summed E-state index contributed by atoms with van der Waals surface area (Å²) in [5, 5.41) is 17.3. The summed E-state index contributed by atoms with van der Waals surface area (Å²) >= 11 is 0. The van der Waals surface area contributed by atoms with Gasteiger partial charge < -0.3 is 10.2 Å². The Kier molecular flexibility index (Phi) is 11.8. The highest BCUT2D eigenvalue weighted by atomic mass is 16.4. The van der Waals surface area contributed by atoms with E-state index in [0.717, 1.165) is 0 Å². The first-order chi connectivity index (χ1) is 9.65. The number of rotatable bonds is 8. The van der Waals surface area contributed by atoms with Crippen LogP contribution in [0, 0.1) is 5.92 Å². The number of carboxylic acids is 1. The van der Waals surface area contributed by atoms with Gasteiger partial charge in [-0.25, -0.2) is 4.79 Å². The molecule has 0 radical (unpaired) electrons. The lowest BCUT2D eigenvalue weighted by atomic mass is 9.98. The van der Waals surface area contributed by atoms with E-state index in [1.165, 1.54) is 38.5 Å². The second-order valence-corrected chi connectivity index (χ2v) is 5.00. The second kappa shape index (κ2) is 12.7. The molecule has 0 aromatic heterocycles. The third-order valence-corrected chi connectivity index (χ3v) is 3.19. The summed E-state index contributed by atoms with van der Waals surface area (Å²) in [7, 11) is 0. The van der Waals surface area contributed by atoms with Crippen molar-refractivity contribution in [2.45, 2.75) is 52.4 Å². The molecule has 0 fully saturated rings. The molecule has 2 N–H and O–H groups in total. The zero-order valence-corrected chi connectivity index (χ0v) is 12.7. The summed E-state index contributed by atoms with van der Waals surface area (Å²) in [4.78, 5) is 10.2. The number of benzene rings is 1. The van der Waals surface area contributed by atoms with E-state index in [-0.39, 0.29) is 0 Å². The highest BCUT2D eigenvalue weighted by Crippen LogP contribution is 2.14. The lowest BCUT2D eigenvalue weighted by Gasteiger charge is -2.11. The van der Waals surface area contributed by atoms with Gasteiger partial charge in [0, 0.05) is 6.61 Å². The smallest absolute Gasteiger partial charge is 0.335 e. The summed E-state index contributed by atoms with van der Waals surface area (Å²) in [5.74, 6) is -0.304. The van der Waals surface area contributed by atoms with Gasteiger partial charge in [-0.15, -0.1) is 0 Å². The van der Waals surface area contributed by atoms with E-state index in [9.17, 15) is 4.79 Å². The number of aliphatic hydroxyl groups excluding tert-OH is 1. The summed E-state index contributed by atoms with van der Waals surface area (Å²) < 4.78 is 0. The lowest BCUT2D eigenvalue weighted by Crippen LogP contribution is -2.05. The van der Waals surface area contributed by atoms with Gasteiger partial charge in [0.15, 0.2) is 0 Å². The van der Waals surface area contributed by atoms with Crippen molar-refractivity contribution in [3.05, 3.63) is 35.9 Å². The number of aromatic carboxylic acids is 1. The van der Waals surface area contributed by atoms with Crippen LogP contribution >= 0.6 is 0 Å². The molecule has 0 bridgehead atoms. The van der Waals surface area contributed by atoms with Crippen molar-refractivity contribution in [3.8, 4) is 0 Å². The lowest BCUT2D eigenvalue weighted by molar-refractivity contribution is 0.0697. The molecule has 114 valence electrons. The van der Waals surface area contributed by atoms with E-state index >= 15 is 0 Å². The van der Waals surface area contributed by atoms with E-state index < -0.39 is 5.97 Å². The number of unbranched alkanes of at least 4 members (excludes halogenated alkanes) is 2. The number of carbonyl (C=O) groups is 1. The number of hydrogen-bond donors (Lipinski definition) is 2. The summed E-state index contributed by atoms with van der Waals surface area (Å²) in [6.07, 6.45) is 7.52. The molecule has 0 aliphatic rings. The first kappa shape index (κ1) is 18.7. The maximum Gasteiger partial charge on any atom is 0.335 e. The molecule has 0 amide bonds. The molecule has 1 atom stereocenters. The fraction of sp³-hybridized carbons (Fsp3) is 0.588. The SMILES string of the molecule is CCCCCC(CO)CCC.O=C(O)c1ccccc1. The average Bonchev–Trinajstić information content (AvgIpc) is 2.48. The van der Waals surface area contributed by atoms with Gasteiger partial charge >= 0.3 is 5.97 Å². The molecule has 1 aromatic carbocycles. The Balaban J connectivity index is 0.000000367. The van der Waals surface area contributed by atoms with Crippen LogP contribution < -0.4 is 0 Å². The van der Waals surface area contributed by atoms with Crippen molar-refractivity contribution in [1.29, 1.82) is 0 Å². The molecule has 3 nitrogen and oxygen atoms in total. The van der Waals surface area contributed by atoms with E-state index in [2.05, 4.69) is 13.8 Å². The van der Waals surface area contributed by atoms with E-state index in [1.807, 2.05) is 0 Å². The summed E-state index contributed by atoms with van der Waals surface area (Å²) in [5.41, 5.74) is 0.331. The van der Waals surface area contributed by atoms with Gasteiger partial charge in [-0.3, -0.25) is 0 Å². The van der Waals surface area contributed by atoms with Crippen LogP contribution in [0.4, 0.5) is 0 Å². The minimum absolute atomic E-state index is 0.331. The largest absolute Gasteiger partial charge is 0.478 e. The number of aliphatic hydroxyl groups is 1. The molecule has 0 aliphatic heterocycles. The fourth-order valence-electron chi connectivity index (χ4n) is 2.00. The summed E-state index contributed by atoms with van der Waals surface area (Å²) in [6, 6.07) is 8.30. The van der Waals surface area contributed by atoms with Gasteiger partial charge in [-0.05, 0) is 30.9 Å². The van der Waals surface area contributed by atoms with Crippen LogP contribution in [-0.2, 0) is 0 Å². The van der Waals surface area contributed by atoms with Crippen LogP contribution in [0.5, 0.6) is 0 Å². The van der Waals surface area contributed by atoms with E-state index in [0.29, 0.717) is 18.1 Å². The molecule has 0 heterocycles. The van der Waals surface area contributed by atoms with Crippen LogP contribution in [0.15, 0.2) is 30.3 Å². The van der Waals surface area contributed by atoms with Gasteiger partial charge in [0.05, 0.1) is 5.56 Å². The Morgan fingerprint density at radius 3 is 2.10 bits per heavy atom. The number of carboxylic acid groups (broad SMARTS) is 1. The third-order valence-electron chi connectivity index (χ3n) is 3.19. The topological polar surface area (TPSA) is 57.5 Å². The predicted octanol–water partition coefficient (Wildman–Crippen LogP) is 4.36. The van der Waals surface area contributed by atoms with Gasteiger partial charge in [0.2, 0.25) is 0 Å². The Bertz CT molecular complexity index is 335. The van der Waals surface area contributed by atoms with Crippen molar-refractivity contribution in [2.75, 3.05) is 6.61 Å². The quantitative estimate of drug-likeness (QED) is 0.696. The first-order valence-electron chi connectivity index (χ1n) is 7.54. The van der Waals surface area contributed by atoms with Crippen LogP contribution in [0.1, 0.15) is 62.7 Å². The van der Waals surface area contributed by atoms with Crippen molar-refractivity contribution in [3.63, 3.8) is 0 Å². The predicted molar refractivity (Wildman–Crippen MR) is 83.0 cm³/mol. The molecule has 1 aromatic rings. The molecular weight excluding hydrogens is 252 g/mol. The van der Waals surface area contributed by atoms with E-state index in [1.54, 1.807) is 30.3 Å². The minimum atomic E-state index is -0.879. The third kappa shape index (κ3) is 9.56. The van der Waals surface area contributed by atoms with Crippen molar-refractivity contribution >= 4 is 5.97 Å². The highest BCUT2D eigenvalue weighted by molar-refractivity contribution is 5.87. The average molecular weight is 280 g/mol. The van der Waals surface area contributed by atoms with E-state index in [4.69, 9.17) is 10.2 Å². The highest BCUT2D eigenvalue weighted by Gasteiger charge is 2.04. The van der Waals surface area contributed by atoms with Crippen LogP contribution in [0.3, 0.4) is 0 Å². The molecule has 0 saturated carbocycles. The van der Waals surface area contributed by atoms with Crippen molar-refractivity contribution in [2.24, 2.45) is 5.92 Å². The summed E-state index contributed by atoms with van der Waals surface area (Å²) in [6.45, 7) is 4.79. The Morgan fingerprint density at radius 2 is 1.70 bits per heavy atom. The Morgan fingerprint density at radius 1 is 1.05 bits per heavy atom. The zero-order valence-electron chi connectivity index (χ0n) is 12.7. The van der Waals surface area contributed by atoms with Gasteiger partial charge in [-0.2, -0.15) is 0 Å². The van der Waals surface area contributed by atoms with Crippen molar-refractivity contribution in [1.82, 2.24) is 0 Å². The molecule has 1 rings (SSSR count). The second-order valence-electron chi connectivity index (χ2n) is 5.00. The first-order valence-corrected chi connectivity index (χ1v) is 7.54. The minimum Gasteiger partial charge on any atom is -0.478 e. The van der Waals surface area contributed by atoms with Gasteiger partial charge in [-0.1, -0.05) is 57.7 Å². The van der Waals surface area contributed by atoms with Crippen molar-refractivity contribution < 1.29 is 15.0 Å². The maximum atomic E-state index is 10.2. The van der Waals surface area contributed by atoms with Crippen LogP contribution in [0.25, 0.3) is 0 Å². The molecule has 3 heteroatoms. The van der Waals surface area contributed by atoms with Crippen LogP contribution in [0.2, 0.25) is 0 Å². The monoisotopic (exact) mass is 280 g/mol. The molecule has 1 unspecified atom stereocenters. The standard InChI is InChI=1S/C10H22O.C7H6O2/c1-3-5-6-8-10(9-11)7-4-2;8-7(9)6-4-2-1-3-5-6/h10-11H,3-9H2,1-2H3;1-5H,(H,8,9). The molecule has 0 spiro atoms. The molecule has 0 aliphatic carbocycles. The Labute approximate surface area is 122 Å². The Hall–Kier alpha value is -1.35. The van der Waals surface area contributed by atoms with Crippen LogP contribution in [-0.4, -0.2) is 22.8 Å². The normalized spacial score (nSPS) is 11.3. The fourth-order valence-corrected chi connectivity index (χ4v) is 2.00. The van der Waals surface area contributed by atoms with Gasteiger partial charge in [0.25, 0.3) is 0 Å². The molecule has 0 saturated heterocycles.